The van der Waals surface area contributed by atoms with Crippen molar-refractivity contribution in [3.63, 3.8) is 0 Å². The van der Waals surface area contributed by atoms with E-state index in [4.69, 9.17) is 15.7 Å². The van der Waals surface area contributed by atoms with Gasteiger partial charge in [-0.1, -0.05) is 103 Å². The van der Waals surface area contributed by atoms with E-state index in [1.165, 1.54) is 12.2 Å². The van der Waals surface area contributed by atoms with Gasteiger partial charge in [-0.15, -0.1) is 0 Å². The summed E-state index contributed by atoms with van der Waals surface area (Å²) in [5, 5.41) is 23.3. The van der Waals surface area contributed by atoms with Crippen molar-refractivity contribution < 1.29 is 33.5 Å². The molecule has 1 fully saturated rings. The number of allylic oxidation sites excluding steroid dienone is 1. The van der Waals surface area contributed by atoms with Crippen molar-refractivity contribution in [2.24, 2.45) is 11.1 Å². The molecule has 0 radical (unpaired) electrons. The van der Waals surface area contributed by atoms with Crippen molar-refractivity contribution in [2.75, 3.05) is 45.9 Å². The number of hydrogen-bond acceptors (Lipinski definition) is 9. The van der Waals surface area contributed by atoms with E-state index >= 15 is 0 Å². The van der Waals surface area contributed by atoms with Gasteiger partial charge >= 0.3 is 0 Å². The van der Waals surface area contributed by atoms with E-state index in [-0.39, 0.29) is 58.0 Å². The third-order valence-corrected chi connectivity index (χ3v) is 11.9. The van der Waals surface area contributed by atoms with Gasteiger partial charge in [0.15, 0.2) is 0 Å². The minimum atomic E-state index is -1.12. The van der Waals surface area contributed by atoms with E-state index in [0.29, 0.717) is 50.1 Å². The highest BCUT2D eigenvalue weighted by atomic mass is 16.5. The van der Waals surface area contributed by atoms with Gasteiger partial charge in [-0.2, -0.15) is 5.26 Å². The number of piperidine rings is 1. The predicted octanol–water partition coefficient (Wildman–Crippen LogP) is 3.28. The van der Waals surface area contributed by atoms with Crippen LogP contribution in [0.4, 0.5) is 0 Å². The highest BCUT2D eigenvalue weighted by molar-refractivity contribution is 5.97. The largest absolute Gasteiger partial charge is 0.378 e. The number of nitriles is 1. The summed E-state index contributed by atoms with van der Waals surface area (Å²) in [6.07, 6.45) is 6.77. The average Bonchev–Trinajstić information content (AvgIpc) is 3.34. The minimum absolute atomic E-state index is 0.00813. The van der Waals surface area contributed by atoms with Crippen LogP contribution in [0.1, 0.15) is 47.1 Å². The first kappa shape index (κ1) is 49.0. The minimum Gasteiger partial charge on any atom is -0.378 e. The van der Waals surface area contributed by atoms with Gasteiger partial charge in [0.25, 0.3) is 0 Å². The van der Waals surface area contributed by atoms with Gasteiger partial charge in [0, 0.05) is 63.9 Å². The zero-order valence-electron chi connectivity index (χ0n) is 37.5. The molecule has 0 aliphatic carbocycles. The van der Waals surface area contributed by atoms with Crippen LogP contribution in [0.5, 0.6) is 0 Å². The molecule has 6 amide bonds. The molecule has 4 aromatic rings. The molecule has 6 rings (SSSR count). The van der Waals surface area contributed by atoms with E-state index in [2.05, 4.69) is 26.6 Å². The molecule has 0 aromatic heterocycles. The number of hydrogen-bond donors (Lipinski definition) is 6. The Labute approximate surface area is 391 Å². The van der Waals surface area contributed by atoms with E-state index in [0.717, 1.165) is 33.9 Å². The number of fused-ring (bicyclic) bond motifs is 3. The van der Waals surface area contributed by atoms with Crippen LogP contribution in [-0.2, 0) is 59.3 Å². The fraction of sp³-hybridized carbons (Fsp3) is 0.327. The zero-order valence-corrected chi connectivity index (χ0v) is 37.5. The van der Waals surface area contributed by atoms with Gasteiger partial charge in [0.2, 0.25) is 35.4 Å². The summed E-state index contributed by atoms with van der Waals surface area (Å²) in [6.45, 7) is 1.51. The SMILES string of the molecule is N#C/C=C/c1ccc(-c2ccc(C[C@@H]3NC(=O)[C@]4(Cc5ccccc5)CCCN(C4)C(=O)/C=C/C(=O)NCC[C@@H](C(=O)NCCOCCN)NC(=O)Cc4ccccc4CNC3=O)cc2)cc1. The van der Waals surface area contributed by atoms with Crippen LogP contribution in [0.2, 0.25) is 0 Å². The number of nitrogens with zero attached hydrogens (tertiary/aromatic N) is 2. The van der Waals surface area contributed by atoms with Gasteiger partial charge in [-0.3, -0.25) is 28.8 Å². The van der Waals surface area contributed by atoms with Crippen LogP contribution in [0, 0.1) is 16.7 Å². The van der Waals surface area contributed by atoms with Crippen molar-refractivity contribution >= 4 is 41.5 Å². The summed E-state index contributed by atoms with van der Waals surface area (Å²) < 4.78 is 5.37. The Hall–Kier alpha value is -7.41. The molecule has 67 heavy (non-hydrogen) atoms. The smallest absolute Gasteiger partial charge is 0.246 e. The lowest BCUT2D eigenvalue weighted by molar-refractivity contribution is -0.141. The Kier molecular flexibility index (Phi) is 18.1. The summed E-state index contributed by atoms with van der Waals surface area (Å²) in [4.78, 5) is 84.6. The molecule has 7 N–H and O–H groups in total. The molecule has 2 aliphatic heterocycles. The number of carbonyl (C=O) groups is 6. The van der Waals surface area contributed by atoms with Crippen LogP contribution in [0.15, 0.2) is 121 Å². The molecule has 3 atom stereocenters. The van der Waals surface area contributed by atoms with Crippen molar-refractivity contribution in [2.45, 2.75) is 57.2 Å². The van der Waals surface area contributed by atoms with E-state index in [1.54, 1.807) is 35.2 Å². The number of nitrogens with two attached hydrogens (primary N) is 1. The second-order valence-electron chi connectivity index (χ2n) is 16.7. The summed E-state index contributed by atoms with van der Waals surface area (Å²) in [5.74, 6) is -2.77. The molecule has 0 unspecified atom stereocenters. The summed E-state index contributed by atoms with van der Waals surface area (Å²) in [7, 11) is 0. The Bertz CT molecular complexity index is 2450. The predicted molar refractivity (Wildman–Crippen MR) is 254 cm³/mol. The molecular weight excluding hydrogens is 849 g/mol. The molecule has 15 nitrogen and oxygen atoms in total. The number of benzene rings is 4. The lowest BCUT2D eigenvalue weighted by Crippen LogP contribution is -2.58. The lowest BCUT2D eigenvalue weighted by atomic mass is 9.74. The number of ether oxygens (including phenoxy) is 1. The molecule has 2 bridgehead atoms. The van der Waals surface area contributed by atoms with E-state index < -0.39 is 47.0 Å². The maximum atomic E-state index is 14.9. The van der Waals surface area contributed by atoms with Crippen LogP contribution in [-0.4, -0.2) is 98.4 Å². The van der Waals surface area contributed by atoms with Crippen LogP contribution in [0.3, 0.4) is 0 Å². The fourth-order valence-electron chi connectivity index (χ4n) is 8.33. The molecule has 1 saturated heterocycles. The monoisotopic (exact) mass is 906 g/mol. The third kappa shape index (κ3) is 14.5. The molecule has 2 heterocycles. The number of rotatable bonds is 12. The van der Waals surface area contributed by atoms with Gasteiger partial charge in [0.1, 0.15) is 12.1 Å². The molecule has 4 aromatic carbocycles. The van der Waals surface area contributed by atoms with Gasteiger partial charge < -0.3 is 42.0 Å². The lowest BCUT2D eigenvalue weighted by Gasteiger charge is -2.42. The molecule has 15 heteroatoms. The first-order chi connectivity index (χ1) is 32.6. The Morgan fingerprint density at radius 1 is 0.851 bits per heavy atom. The first-order valence-electron chi connectivity index (χ1n) is 22.6. The van der Waals surface area contributed by atoms with Gasteiger partial charge in [-0.05, 0) is 70.7 Å². The summed E-state index contributed by atoms with van der Waals surface area (Å²) in [5.41, 5.74) is 10.1. The highest BCUT2D eigenvalue weighted by Gasteiger charge is 2.44. The Morgan fingerprint density at radius 3 is 2.30 bits per heavy atom. The van der Waals surface area contributed by atoms with Crippen molar-refractivity contribution in [3.8, 4) is 17.2 Å². The van der Waals surface area contributed by atoms with Crippen molar-refractivity contribution in [1.82, 2.24) is 31.5 Å². The van der Waals surface area contributed by atoms with Crippen LogP contribution in [0.25, 0.3) is 17.2 Å². The Morgan fingerprint density at radius 2 is 1.57 bits per heavy atom. The Balaban J connectivity index is 1.30. The van der Waals surface area contributed by atoms with E-state index in [1.807, 2.05) is 84.9 Å². The summed E-state index contributed by atoms with van der Waals surface area (Å²) in [6, 6.07) is 32.2. The topological polar surface area (TPSA) is 225 Å². The van der Waals surface area contributed by atoms with Crippen LogP contribution >= 0.6 is 0 Å². The quantitative estimate of drug-likeness (QED) is 0.0906. The molecule has 0 spiro atoms. The number of carbonyl (C=O) groups excluding carboxylic acids is 6. The summed E-state index contributed by atoms with van der Waals surface area (Å²) >= 11 is 0. The third-order valence-electron chi connectivity index (χ3n) is 11.9. The fourth-order valence-corrected chi connectivity index (χ4v) is 8.33. The van der Waals surface area contributed by atoms with Crippen molar-refractivity contribution in [3.05, 3.63) is 149 Å². The standard InChI is InChI=1S/C52H58N8O7/c53-25-6-10-37-13-17-40(18-14-37)41-19-15-38(16-20-41)32-45-50(65)57-35-43-12-5-4-11-42(43)33-47(62)58-44(49(64)56-28-31-67-30-26-54)23-27-55-46(61)21-22-48(63)60-29-7-24-52(36-60,51(66)59-45)34-39-8-2-1-3-9-39/h1-6,8-22,44-45H,7,23-24,26-36,54H2,(H,55,61)(H,56,64)(H,57,65)(H,58,62)(H,59,66)/b10-6+,22-21+/t44-,45-,52-/m0/s1. The van der Waals surface area contributed by atoms with Gasteiger partial charge in [-0.25, -0.2) is 0 Å². The molecule has 0 saturated carbocycles. The molecule has 2 aliphatic rings. The normalized spacial score (nSPS) is 20.4. The highest BCUT2D eigenvalue weighted by Crippen LogP contribution is 2.35. The maximum Gasteiger partial charge on any atom is 0.246 e. The maximum absolute atomic E-state index is 14.9. The van der Waals surface area contributed by atoms with Crippen molar-refractivity contribution in [1.29, 1.82) is 5.26 Å². The molecular formula is C52H58N8O7. The zero-order chi connectivity index (χ0) is 47.4. The van der Waals surface area contributed by atoms with Gasteiger partial charge in [0.05, 0.1) is 31.1 Å². The second kappa shape index (κ2) is 24.8. The number of amides is 6. The first-order valence-corrected chi connectivity index (χ1v) is 22.6. The number of nitrogens with one attached hydrogen (secondary N) is 5. The van der Waals surface area contributed by atoms with Crippen LogP contribution < -0.4 is 32.3 Å². The van der Waals surface area contributed by atoms with E-state index in [9.17, 15) is 28.8 Å². The second-order valence-corrected chi connectivity index (χ2v) is 16.7. The average molecular weight is 907 g/mol. The molecule has 348 valence electrons.